The van der Waals surface area contributed by atoms with Gasteiger partial charge in [0.05, 0.1) is 25.6 Å². The van der Waals surface area contributed by atoms with Gasteiger partial charge in [-0.1, -0.05) is 45.1 Å². The third-order valence-electron chi connectivity index (χ3n) is 5.37. The van der Waals surface area contributed by atoms with Crippen molar-refractivity contribution < 1.29 is 24.2 Å². The zero-order valence-corrected chi connectivity index (χ0v) is 17.0. The Labute approximate surface area is 167 Å². The molecule has 1 aromatic carbocycles. The average molecular weight is 392 g/mol. The second-order valence-corrected chi connectivity index (χ2v) is 7.45. The topological polar surface area (TPSA) is 84.9 Å². The molecule has 0 saturated heterocycles. The van der Waals surface area contributed by atoms with Gasteiger partial charge in [0, 0.05) is 6.54 Å². The van der Waals surface area contributed by atoms with Crippen LogP contribution in [0.4, 0.5) is 0 Å². The Morgan fingerprint density at radius 3 is 2.54 bits per heavy atom. The van der Waals surface area contributed by atoms with Gasteiger partial charge in [-0.3, -0.25) is 9.59 Å². The van der Waals surface area contributed by atoms with Crippen LogP contribution in [0.1, 0.15) is 63.9 Å². The molecule has 0 heterocycles. The number of hydrogen-bond donors (Lipinski definition) is 2. The summed E-state index contributed by atoms with van der Waals surface area (Å²) in [4.78, 5) is 24.0. The van der Waals surface area contributed by atoms with Crippen LogP contribution in [0.15, 0.2) is 18.2 Å². The number of rotatable bonds is 11. The van der Waals surface area contributed by atoms with Crippen molar-refractivity contribution in [1.29, 1.82) is 0 Å². The Kier molecular flexibility index (Phi) is 9.11. The minimum absolute atomic E-state index is 0.176. The molecule has 28 heavy (non-hydrogen) atoms. The third kappa shape index (κ3) is 6.43. The summed E-state index contributed by atoms with van der Waals surface area (Å²) in [6, 6.07) is 5.61. The first-order chi connectivity index (χ1) is 13.6. The van der Waals surface area contributed by atoms with Crippen molar-refractivity contribution in [2.75, 3.05) is 13.7 Å². The van der Waals surface area contributed by atoms with Crippen LogP contribution in [0.25, 0.3) is 0 Å². The summed E-state index contributed by atoms with van der Waals surface area (Å²) in [6.45, 7) is 3.15. The molecule has 1 saturated carbocycles. The van der Waals surface area contributed by atoms with Crippen molar-refractivity contribution in [3.63, 3.8) is 0 Å². The van der Waals surface area contributed by atoms with Crippen LogP contribution in [0.2, 0.25) is 0 Å². The molecule has 0 aromatic heterocycles. The van der Waals surface area contributed by atoms with Crippen molar-refractivity contribution in [3.05, 3.63) is 23.8 Å². The predicted molar refractivity (Wildman–Crippen MR) is 108 cm³/mol. The van der Waals surface area contributed by atoms with Gasteiger partial charge in [0.2, 0.25) is 5.91 Å². The monoisotopic (exact) mass is 391 g/mol. The summed E-state index contributed by atoms with van der Waals surface area (Å²) in [5, 5.41) is 12.3. The maximum Gasteiger partial charge on any atom is 0.307 e. The summed E-state index contributed by atoms with van der Waals surface area (Å²) in [5.41, 5.74) is 0.903. The third-order valence-corrected chi connectivity index (χ3v) is 5.37. The molecule has 1 fully saturated rings. The normalized spacial score (nSPS) is 19.1. The largest absolute Gasteiger partial charge is 0.493 e. The Hall–Kier alpha value is -2.24. The smallest absolute Gasteiger partial charge is 0.307 e. The number of nitrogens with one attached hydrogen (secondary N) is 1. The molecule has 6 nitrogen and oxygen atoms in total. The average Bonchev–Trinajstić information content (AvgIpc) is 2.71. The fraction of sp³-hybridized carbons (Fsp3) is 0.636. The van der Waals surface area contributed by atoms with E-state index in [0.29, 0.717) is 37.5 Å². The molecule has 0 radical (unpaired) electrons. The summed E-state index contributed by atoms with van der Waals surface area (Å²) >= 11 is 0. The lowest BCUT2D eigenvalue weighted by atomic mass is 9.78. The highest BCUT2D eigenvalue weighted by atomic mass is 16.5. The highest BCUT2D eigenvalue weighted by molar-refractivity contribution is 5.84. The number of carbonyl (C=O) groups is 2. The number of amides is 1. The zero-order chi connectivity index (χ0) is 20.4. The highest BCUT2D eigenvalue weighted by Gasteiger charge is 2.35. The number of carboxylic acid groups (broad SMARTS) is 1. The number of carbonyl (C=O) groups excluding carboxylic acids is 1. The predicted octanol–water partition coefficient (Wildman–Crippen LogP) is 4.16. The van der Waals surface area contributed by atoms with Gasteiger partial charge in [0.15, 0.2) is 11.5 Å². The minimum Gasteiger partial charge on any atom is -0.493 e. The van der Waals surface area contributed by atoms with Crippen molar-refractivity contribution in [2.45, 2.75) is 64.8 Å². The SMILES string of the molecule is CCCCCCOc1cc(CNC(=O)C2CCCCC2C(=O)O)ccc1OC. The van der Waals surface area contributed by atoms with Crippen LogP contribution in [0, 0.1) is 11.8 Å². The van der Waals surface area contributed by atoms with Gasteiger partial charge >= 0.3 is 5.97 Å². The number of ether oxygens (including phenoxy) is 2. The molecule has 2 N–H and O–H groups in total. The van der Waals surface area contributed by atoms with Crippen molar-refractivity contribution in [3.8, 4) is 11.5 Å². The summed E-state index contributed by atoms with van der Waals surface area (Å²) in [7, 11) is 1.61. The van der Waals surface area contributed by atoms with Gasteiger partial charge in [-0.25, -0.2) is 0 Å². The zero-order valence-electron chi connectivity index (χ0n) is 17.0. The van der Waals surface area contributed by atoms with Gasteiger partial charge in [0.1, 0.15) is 0 Å². The fourth-order valence-electron chi connectivity index (χ4n) is 3.72. The first kappa shape index (κ1) is 22.1. The summed E-state index contributed by atoms with van der Waals surface area (Å²) in [6.07, 6.45) is 7.51. The van der Waals surface area contributed by atoms with Crippen LogP contribution in [-0.2, 0) is 16.1 Å². The number of methoxy groups -OCH3 is 1. The van der Waals surface area contributed by atoms with Crippen LogP contribution in [0.5, 0.6) is 11.5 Å². The molecule has 6 heteroatoms. The van der Waals surface area contributed by atoms with E-state index in [1.165, 1.54) is 12.8 Å². The van der Waals surface area contributed by atoms with Crippen molar-refractivity contribution in [2.24, 2.45) is 11.8 Å². The molecule has 0 aliphatic heterocycles. The molecular weight excluding hydrogens is 358 g/mol. The standard InChI is InChI=1S/C22H33NO5/c1-3-4-5-8-13-28-20-14-16(11-12-19(20)27-2)15-23-21(24)17-9-6-7-10-18(17)22(25)26/h11-12,14,17-18H,3-10,13,15H2,1-2H3,(H,23,24)(H,25,26). The molecule has 1 aromatic rings. The summed E-state index contributed by atoms with van der Waals surface area (Å²) < 4.78 is 11.2. The first-order valence-electron chi connectivity index (χ1n) is 10.4. The van der Waals surface area contributed by atoms with E-state index < -0.39 is 17.8 Å². The van der Waals surface area contributed by atoms with Gasteiger partial charge in [0.25, 0.3) is 0 Å². The number of carboxylic acids is 1. The Balaban J connectivity index is 1.92. The van der Waals surface area contributed by atoms with E-state index in [9.17, 15) is 14.7 Å². The molecule has 1 aliphatic rings. The Morgan fingerprint density at radius 1 is 1.11 bits per heavy atom. The molecule has 1 amide bonds. The molecule has 156 valence electrons. The van der Waals surface area contributed by atoms with Gasteiger partial charge < -0.3 is 19.9 Å². The molecule has 0 bridgehead atoms. The fourth-order valence-corrected chi connectivity index (χ4v) is 3.72. The molecule has 2 atom stereocenters. The number of hydrogen-bond acceptors (Lipinski definition) is 4. The maximum atomic E-state index is 12.5. The van der Waals surface area contributed by atoms with Gasteiger partial charge in [-0.15, -0.1) is 0 Å². The minimum atomic E-state index is -0.872. The second kappa shape index (κ2) is 11.6. The molecule has 0 spiro atoms. The number of benzene rings is 1. The first-order valence-corrected chi connectivity index (χ1v) is 10.4. The van der Waals surface area contributed by atoms with Crippen LogP contribution in [0.3, 0.4) is 0 Å². The molecule has 2 unspecified atom stereocenters. The van der Waals surface area contributed by atoms with E-state index in [1.807, 2.05) is 18.2 Å². The Morgan fingerprint density at radius 2 is 1.86 bits per heavy atom. The van der Waals surface area contributed by atoms with Crippen molar-refractivity contribution in [1.82, 2.24) is 5.32 Å². The van der Waals surface area contributed by atoms with Crippen LogP contribution >= 0.6 is 0 Å². The lowest BCUT2D eigenvalue weighted by molar-refractivity contribution is -0.148. The van der Waals surface area contributed by atoms with E-state index in [2.05, 4.69) is 12.2 Å². The van der Waals surface area contributed by atoms with Crippen molar-refractivity contribution >= 4 is 11.9 Å². The quantitative estimate of drug-likeness (QED) is 0.553. The van der Waals surface area contributed by atoms with E-state index >= 15 is 0 Å². The second-order valence-electron chi connectivity index (χ2n) is 7.45. The van der Waals surface area contributed by atoms with E-state index in [1.54, 1.807) is 7.11 Å². The highest BCUT2D eigenvalue weighted by Crippen LogP contribution is 2.31. The van der Waals surface area contributed by atoms with Crippen LogP contribution in [-0.4, -0.2) is 30.7 Å². The molecule has 2 rings (SSSR count). The van der Waals surface area contributed by atoms with E-state index in [0.717, 1.165) is 31.2 Å². The van der Waals surface area contributed by atoms with E-state index in [4.69, 9.17) is 9.47 Å². The van der Waals surface area contributed by atoms with E-state index in [-0.39, 0.29) is 5.91 Å². The molecule has 1 aliphatic carbocycles. The lowest BCUT2D eigenvalue weighted by Crippen LogP contribution is -2.39. The summed E-state index contributed by atoms with van der Waals surface area (Å²) in [5.74, 6) is -0.728. The van der Waals surface area contributed by atoms with Gasteiger partial charge in [-0.05, 0) is 37.0 Å². The lowest BCUT2D eigenvalue weighted by Gasteiger charge is -2.27. The van der Waals surface area contributed by atoms with Gasteiger partial charge in [-0.2, -0.15) is 0 Å². The number of unbranched alkanes of at least 4 members (excludes halogenated alkanes) is 3. The molecular formula is C22H33NO5. The maximum absolute atomic E-state index is 12.5. The number of aliphatic carboxylic acids is 1. The van der Waals surface area contributed by atoms with Crippen LogP contribution < -0.4 is 14.8 Å². The Bertz CT molecular complexity index is 646.